The van der Waals surface area contributed by atoms with Gasteiger partial charge in [-0.25, -0.2) is 4.79 Å². The lowest BCUT2D eigenvalue weighted by molar-refractivity contribution is -0.153. The van der Waals surface area contributed by atoms with Gasteiger partial charge < -0.3 is 26.0 Å². The molecule has 2 aliphatic rings. The van der Waals surface area contributed by atoms with Crippen LogP contribution >= 0.6 is 21.6 Å². The molecule has 0 spiro atoms. The Hall–Kier alpha value is -2.47. The Morgan fingerprint density at radius 2 is 1.83 bits per heavy atom. The second-order valence-corrected chi connectivity index (χ2v) is 11.1. The van der Waals surface area contributed by atoms with Crippen LogP contribution in [-0.4, -0.2) is 65.3 Å². The number of amides is 4. The third-order valence-electron chi connectivity index (χ3n) is 5.38. The number of carbonyl (C=O) groups is 5. The van der Waals surface area contributed by atoms with Gasteiger partial charge in [0.25, 0.3) is 5.91 Å². The van der Waals surface area contributed by atoms with Gasteiger partial charge in [0.05, 0.1) is 6.42 Å². The number of allylic oxidation sites excluding steroid dienone is 2. The molecule has 0 radical (unpaired) electrons. The summed E-state index contributed by atoms with van der Waals surface area (Å²) in [5.41, 5.74) is -0.0430. The van der Waals surface area contributed by atoms with Gasteiger partial charge in [-0.2, -0.15) is 0 Å². The molecule has 194 valence electrons. The molecule has 4 amide bonds. The van der Waals surface area contributed by atoms with E-state index in [9.17, 15) is 24.0 Å². The van der Waals surface area contributed by atoms with E-state index in [0.29, 0.717) is 18.6 Å². The van der Waals surface area contributed by atoms with Gasteiger partial charge in [0.15, 0.2) is 0 Å². The van der Waals surface area contributed by atoms with Crippen LogP contribution in [0.4, 0.5) is 0 Å². The second kappa shape index (κ2) is 14.2. The minimum atomic E-state index is -0.998. The van der Waals surface area contributed by atoms with Crippen LogP contribution in [0.2, 0.25) is 0 Å². The molecule has 2 bridgehead atoms. The Balaban J connectivity index is 2.52. The molecule has 2 heterocycles. The molecule has 0 aromatic carbocycles. The zero-order valence-corrected chi connectivity index (χ0v) is 22.1. The first-order valence-electron chi connectivity index (χ1n) is 11.7. The van der Waals surface area contributed by atoms with Gasteiger partial charge in [0.1, 0.15) is 29.9 Å². The maximum atomic E-state index is 13.1. The molecule has 0 aromatic rings. The lowest BCUT2D eigenvalue weighted by Crippen LogP contribution is -2.56. The van der Waals surface area contributed by atoms with E-state index in [4.69, 9.17) is 4.74 Å². The van der Waals surface area contributed by atoms with Crippen LogP contribution in [0.1, 0.15) is 47.0 Å². The fraction of sp³-hybridized carbons (Fsp3) is 0.609. The normalized spacial score (nSPS) is 30.0. The predicted molar refractivity (Wildman–Crippen MR) is 136 cm³/mol. The molecule has 1 fully saturated rings. The van der Waals surface area contributed by atoms with Crippen molar-refractivity contribution in [3.63, 3.8) is 0 Å². The molecule has 4 unspecified atom stereocenters. The lowest BCUT2D eigenvalue weighted by Gasteiger charge is -2.26. The van der Waals surface area contributed by atoms with Crippen molar-refractivity contribution >= 4 is 51.2 Å². The quantitative estimate of drug-likeness (QED) is 0.182. The van der Waals surface area contributed by atoms with Crippen molar-refractivity contribution in [1.29, 1.82) is 0 Å². The molecule has 2 aliphatic heterocycles. The van der Waals surface area contributed by atoms with E-state index in [2.05, 4.69) is 21.3 Å². The Bertz CT molecular complexity index is 876. The summed E-state index contributed by atoms with van der Waals surface area (Å²) in [6.07, 6.45) is 4.82. The Morgan fingerprint density at radius 1 is 1.09 bits per heavy atom. The van der Waals surface area contributed by atoms with Crippen molar-refractivity contribution in [3.8, 4) is 0 Å². The van der Waals surface area contributed by atoms with E-state index in [0.717, 1.165) is 0 Å². The maximum Gasteiger partial charge on any atom is 0.329 e. The lowest BCUT2D eigenvalue weighted by atomic mass is 10.0. The van der Waals surface area contributed by atoms with Crippen LogP contribution in [0.3, 0.4) is 0 Å². The highest BCUT2D eigenvalue weighted by Gasteiger charge is 2.32. The third-order valence-corrected chi connectivity index (χ3v) is 7.83. The number of fused-ring (bicyclic) bond motifs is 7. The molecule has 4 N–H and O–H groups in total. The van der Waals surface area contributed by atoms with Crippen molar-refractivity contribution < 1.29 is 28.7 Å². The predicted octanol–water partition coefficient (Wildman–Crippen LogP) is 1.18. The van der Waals surface area contributed by atoms with Gasteiger partial charge in [0.2, 0.25) is 17.7 Å². The van der Waals surface area contributed by atoms with Gasteiger partial charge in [0, 0.05) is 11.5 Å². The van der Waals surface area contributed by atoms with E-state index < -0.39 is 53.8 Å². The largest absolute Gasteiger partial charge is 0.456 e. The fourth-order valence-corrected chi connectivity index (χ4v) is 5.51. The molecule has 0 aliphatic carbocycles. The molecule has 2 rings (SSSR count). The van der Waals surface area contributed by atoms with Crippen LogP contribution < -0.4 is 21.3 Å². The monoisotopic (exact) mass is 526 g/mol. The van der Waals surface area contributed by atoms with E-state index in [1.807, 2.05) is 6.08 Å². The van der Waals surface area contributed by atoms with Gasteiger partial charge in [-0.15, -0.1) is 0 Å². The summed E-state index contributed by atoms with van der Waals surface area (Å²) in [5, 5.41) is 10.6. The molecule has 35 heavy (non-hydrogen) atoms. The summed E-state index contributed by atoms with van der Waals surface area (Å²) in [6.45, 7) is 6.83. The number of carbonyl (C=O) groups excluding carboxylic acids is 5. The van der Waals surface area contributed by atoms with Crippen LogP contribution in [0.25, 0.3) is 0 Å². The van der Waals surface area contributed by atoms with E-state index in [-0.39, 0.29) is 23.8 Å². The summed E-state index contributed by atoms with van der Waals surface area (Å²) in [5.74, 6) is -2.25. The van der Waals surface area contributed by atoms with Crippen LogP contribution in [0, 0.1) is 5.92 Å². The van der Waals surface area contributed by atoms with Gasteiger partial charge >= 0.3 is 5.97 Å². The molecular weight excluding hydrogens is 492 g/mol. The number of hydrogen-bond donors (Lipinski definition) is 4. The summed E-state index contributed by atoms with van der Waals surface area (Å²) < 4.78 is 5.62. The number of hydrogen-bond acceptors (Lipinski definition) is 8. The highest BCUT2D eigenvalue weighted by Crippen LogP contribution is 2.23. The van der Waals surface area contributed by atoms with Gasteiger partial charge in [-0.3, -0.25) is 19.2 Å². The first kappa shape index (κ1) is 28.8. The van der Waals surface area contributed by atoms with Crippen molar-refractivity contribution in [2.24, 2.45) is 5.92 Å². The van der Waals surface area contributed by atoms with E-state index in [1.165, 1.54) is 27.7 Å². The molecular formula is C23H34N4O6S2. The first-order chi connectivity index (χ1) is 16.7. The third kappa shape index (κ3) is 8.92. The van der Waals surface area contributed by atoms with Crippen molar-refractivity contribution in [2.75, 3.05) is 11.5 Å². The molecule has 4 atom stereocenters. The number of rotatable bonds is 2. The number of nitrogens with one attached hydrogen (secondary N) is 4. The zero-order valence-electron chi connectivity index (χ0n) is 20.4. The van der Waals surface area contributed by atoms with Crippen molar-refractivity contribution in [3.05, 3.63) is 23.9 Å². The Kier molecular flexibility index (Phi) is 11.7. The van der Waals surface area contributed by atoms with Crippen LogP contribution in [0.15, 0.2) is 23.9 Å². The number of ether oxygens (including phenoxy) is 1. The maximum absolute atomic E-state index is 13.1. The highest BCUT2D eigenvalue weighted by molar-refractivity contribution is 8.76. The Labute approximate surface area is 213 Å². The fourth-order valence-electron chi connectivity index (χ4n) is 3.35. The zero-order chi connectivity index (χ0) is 26.0. The van der Waals surface area contributed by atoms with Gasteiger partial charge in [-0.05, 0) is 31.8 Å². The summed E-state index contributed by atoms with van der Waals surface area (Å²) in [6, 6.07) is -2.82. The number of esters is 1. The SMILES string of the molecule is C/C=C1\NC(=O)C2CSSCC/C=C/C(CC(=O)NC(CC)C(=O)N2)OC(=O)C(C(C)C)NC1=O. The Morgan fingerprint density at radius 3 is 2.49 bits per heavy atom. The van der Waals surface area contributed by atoms with E-state index in [1.54, 1.807) is 33.8 Å². The standard InChI is InChI=1S/C23H34N4O6S2/c1-5-15-20(29)26-17-12-35-34-10-8-7-9-14(11-18(28)24-15)33-23(32)19(13(3)4)27-21(30)16(6-2)25-22(17)31/h6-7,9,13-15,17,19H,5,8,10-12H2,1-4H3,(H,24,28)(H,25,31)(H,26,29)(H,27,30)/b9-7+,16-6-. The minimum absolute atomic E-state index is 0.0430. The van der Waals surface area contributed by atoms with E-state index >= 15 is 0 Å². The van der Waals surface area contributed by atoms with Crippen LogP contribution in [-0.2, 0) is 28.7 Å². The highest BCUT2D eigenvalue weighted by atomic mass is 33.1. The molecule has 0 aromatic heterocycles. The van der Waals surface area contributed by atoms with Crippen molar-refractivity contribution in [2.45, 2.75) is 71.2 Å². The average molecular weight is 527 g/mol. The minimum Gasteiger partial charge on any atom is -0.456 e. The first-order valence-corrected chi connectivity index (χ1v) is 14.1. The molecule has 12 heteroatoms. The molecule has 1 saturated heterocycles. The topological polar surface area (TPSA) is 143 Å². The molecule has 10 nitrogen and oxygen atoms in total. The van der Waals surface area contributed by atoms with Crippen molar-refractivity contribution in [1.82, 2.24) is 21.3 Å². The summed E-state index contributed by atoms with van der Waals surface area (Å²) in [7, 11) is 2.95. The van der Waals surface area contributed by atoms with Gasteiger partial charge in [-0.1, -0.05) is 54.5 Å². The second-order valence-electron chi connectivity index (χ2n) is 8.48. The summed E-state index contributed by atoms with van der Waals surface area (Å²) in [4.78, 5) is 64.6. The molecule has 0 saturated carbocycles. The smallest absolute Gasteiger partial charge is 0.329 e. The van der Waals surface area contributed by atoms with Crippen LogP contribution in [0.5, 0.6) is 0 Å². The average Bonchev–Trinajstić information content (AvgIpc) is 2.81. The summed E-state index contributed by atoms with van der Waals surface area (Å²) >= 11 is 0.